The number of aliphatic hydroxyl groups is 1. The molecule has 0 amide bonds. The zero-order valence-electron chi connectivity index (χ0n) is 9.51. The van der Waals surface area contributed by atoms with E-state index in [0.717, 1.165) is 16.4 Å². The van der Waals surface area contributed by atoms with Crippen molar-refractivity contribution in [3.8, 4) is 0 Å². The minimum atomic E-state index is -3.85. The topological polar surface area (TPSA) is 57.6 Å². The van der Waals surface area contributed by atoms with E-state index in [1.807, 2.05) is 0 Å². The molecule has 0 radical (unpaired) electrons. The number of rotatable bonds is 2. The van der Waals surface area contributed by atoms with Crippen LogP contribution in [0.1, 0.15) is 12.8 Å². The van der Waals surface area contributed by atoms with E-state index in [0.29, 0.717) is 19.4 Å². The lowest BCUT2D eigenvalue weighted by atomic mass is 10.1. The summed E-state index contributed by atoms with van der Waals surface area (Å²) in [5.74, 6) is -0.657. The Kier molecular flexibility index (Phi) is 3.91. The maximum Gasteiger partial charge on any atom is 0.244 e. The van der Waals surface area contributed by atoms with E-state index in [2.05, 4.69) is 0 Å². The second-order valence-corrected chi connectivity index (χ2v) is 6.55. The molecular formula is C11H13ClFNO3S. The largest absolute Gasteiger partial charge is 0.392 e. The molecule has 0 bridgehead atoms. The van der Waals surface area contributed by atoms with E-state index in [1.165, 1.54) is 6.07 Å². The average Bonchev–Trinajstić information content (AvgIpc) is 2.32. The minimum absolute atomic E-state index is 0.0172. The summed E-state index contributed by atoms with van der Waals surface area (Å²) >= 11 is 5.80. The Morgan fingerprint density at radius 1 is 1.44 bits per heavy atom. The second-order valence-electron chi connectivity index (χ2n) is 4.23. The van der Waals surface area contributed by atoms with Gasteiger partial charge in [-0.1, -0.05) is 11.6 Å². The van der Waals surface area contributed by atoms with Crippen LogP contribution in [0.5, 0.6) is 0 Å². The first kappa shape index (κ1) is 13.7. The molecule has 7 heteroatoms. The highest BCUT2D eigenvalue weighted by Crippen LogP contribution is 2.27. The molecule has 1 heterocycles. The SMILES string of the molecule is O=S(=O)(c1cc(F)ccc1Cl)N1CCC[C@H](O)C1. The van der Waals surface area contributed by atoms with Crippen molar-refractivity contribution < 1.29 is 17.9 Å². The number of sulfonamides is 1. The standard InChI is InChI=1S/C11H13ClFNO3S/c12-10-4-3-8(13)6-11(10)18(16,17)14-5-1-2-9(15)7-14/h3-4,6,9,15H,1-2,5,7H2/t9-/m0/s1. The number of hydrogen-bond donors (Lipinski definition) is 1. The van der Waals surface area contributed by atoms with E-state index in [4.69, 9.17) is 11.6 Å². The number of nitrogens with zero attached hydrogens (tertiary/aromatic N) is 1. The first-order valence-electron chi connectivity index (χ1n) is 5.54. The van der Waals surface area contributed by atoms with Gasteiger partial charge in [0.25, 0.3) is 0 Å². The van der Waals surface area contributed by atoms with Crippen LogP contribution >= 0.6 is 11.6 Å². The molecular weight excluding hydrogens is 281 g/mol. The third-order valence-electron chi connectivity index (χ3n) is 2.87. The van der Waals surface area contributed by atoms with Crippen molar-refractivity contribution in [3.63, 3.8) is 0 Å². The van der Waals surface area contributed by atoms with Crippen LogP contribution in [0.15, 0.2) is 23.1 Å². The fourth-order valence-electron chi connectivity index (χ4n) is 1.95. The van der Waals surface area contributed by atoms with Crippen molar-refractivity contribution in [2.75, 3.05) is 13.1 Å². The Morgan fingerprint density at radius 3 is 2.83 bits per heavy atom. The maximum absolute atomic E-state index is 13.1. The fourth-order valence-corrected chi connectivity index (χ4v) is 3.96. The molecule has 1 aliphatic heterocycles. The Balaban J connectivity index is 2.38. The zero-order chi connectivity index (χ0) is 13.3. The van der Waals surface area contributed by atoms with Gasteiger partial charge in [0.15, 0.2) is 0 Å². The molecule has 18 heavy (non-hydrogen) atoms. The van der Waals surface area contributed by atoms with Crippen LogP contribution in [-0.4, -0.2) is 37.0 Å². The van der Waals surface area contributed by atoms with Crippen molar-refractivity contribution in [1.29, 1.82) is 0 Å². The van der Waals surface area contributed by atoms with Crippen LogP contribution in [0.2, 0.25) is 5.02 Å². The fraction of sp³-hybridized carbons (Fsp3) is 0.455. The molecule has 0 spiro atoms. The van der Waals surface area contributed by atoms with Crippen molar-refractivity contribution >= 4 is 21.6 Å². The van der Waals surface area contributed by atoms with Gasteiger partial charge in [0.2, 0.25) is 10.0 Å². The van der Waals surface area contributed by atoms with Gasteiger partial charge in [-0.05, 0) is 31.0 Å². The summed E-state index contributed by atoms with van der Waals surface area (Å²) in [5.41, 5.74) is 0. The normalized spacial score (nSPS) is 22.1. The number of hydrogen-bond acceptors (Lipinski definition) is 3. The Morgan fingerprint density at radius 2 is 2.17 bits per heavy atom. The van der Waals surface area contributed by atoms with E-state index >= 15 is 0 Å². The van der Waals surface area contributed by atoms with Gasteiger partial charge in [-0.3, -0.25) is 0 Å². The molecule has 1 aromatic carbocycles. The highest BCUT2D eigenvalue weighted by molar-refractivity contribution is 7.89. The number of β-amino-alcohol motifs (C(OH)–C–C–N with tert-alkyl or cyclic N) is 1. The van der Waals surface area contributed by atoms with Crippen LogP contribution in [0.4, 0.5) is 4.39 Å². The molecule has 4 nitrogen and oxygen atoms in total. The van der Waals surface area contributed by atoms with E-state index in [1.54, 1.807) is 0 Å². The van der Waals surface area contributed by atoms with Crippen LogP contribution in [0.3, 0.4) is 0 Å². The van der Waals surface area contributed by atoms with Gasteiger partial charge in [-0.25, -0.2) is 12.8 Å². The smallest absolute Gasteiger partial charge is 0.244 e. The molecule has 0 aromatic heterocycles. The van der Waals surface area contributed by atoms with E-state index in [9.17, 15) is 17.9 Å². The summed E-state index contributed by atoms with van der Waals surface area (Å²) in [6.45, 7) is 0.335. The van der Waals surface area contributed by atoms with Crippen molar-refractivity contribution in [3.05, 3.63) is 29.0 Å². The van der Waals surface area contributed by atoms with Crippen LogP contribution < -0.4 is 0 Å². The molecule has 1 saturated heterocycles. The summed E-state index contributed by atoms with van der Waals surface area (Å²) in [5, 5.41) is 9.48. The van der Waals surface area contributed by atoms with Crippen LogP contribution in [0, 0.1) is 5.82 Å². The number of aliphatic hydroxyl groups excluding tert-OH is 1. The Labute approximate surface area is 110 Å². The van der Waals surface area contributed by atoms with Gasteiger partial charge in [0, 0.05) is 13.1 Å². The third kappa shape index (κ3) is 2.66. The Hall–Kier alpha value is -0.690. The lowest BCUT2D eigenvalue weighted by Gasteiger charge is -2.29. The molecule has 1 aliphatic rings. The molecule has 0 saturated carbocycles. The molecule has 1 N–H and O–H groups in total. The lowest BCUT2D eigenvalue weighted by Crippen LogP contribution is -2.42. The second kappa shape index (κ2) is 5.13. The van der Waals surface area contributed by atoms with Crippen LogP contribution in [-0.2, 0) is 10.0 Å². The predicted octanol–water partition coefficient (Wildman–Crippen LogP) is 1.62. The highest BCUT2D eigenvalue weighted by Gasteiger charge is 2.31. The van der Waals surface area contributed by atoms with Crippen molar-refractivity contribution in [2.24, 2.45) is 0 Å². The third-order valence-corrected chi connectivity index (χ3v) is 5.22. The molecule has 2 rings (SSSR count). The predicted molar refractivity (Wildman–Crippen MR) is 65.4 cm³/mol. The number of benzene rings is 1. The lowest BCUT2D eigenvalue weighted by molar-refractivity contribution is 0.108. The highest BCUT2D eigenvalue weighted by atomic mass is 35.5. The first-order valence-corrected chi connectivity index (χ1v) is 7.36. The maximum atomic E-state index is 13.1. The molecule has 0 unspecified atom stereocenters. The molecule has 1 fully saturated rings. The van der Waals surface area contributed by atoms with Crippen molar-refractivity contribution in [1.82, 2.24) is 4.31 Å². The molecule has 1 atom stereocenters. The van der Waals surface area contributed by atoms with E-state index < -0.39 is 21.9 Å². The van der Waals surface area contributed by atoms with Gasteiger partial charge >= 0.3 is 0 Å². The molecule has 100 valence electrons. The summed E-state index contributed by atoms with van der Waals surface area (Å²) in [6.07, 6.45) is 0.469. The summed E-state index contributed by atoms with van der Waals surface area (Å²) in [4.78, 5) is -0.252. The zero-order valence-corrected chi connectivity index (χ0v) is 11.1. The number of halogens is 2. The quantitative estimate of drug-likeness (QED) is 0.901. The molecule has 1 aromatic rings. The van der Waals surface area contributed by atoms with Gasteiger partial charge in [-0.2, -0.15) is 4.31 Å². The van der Waals surface area contributed by atoms with Gasteiger partial charge < -0.3 is 5.11 Å². The minimum Gasteiger partial charge on any atom is -0.392 e. The van der Waals surface area contributed by atoms with Gasteiger partial charge in [0.05, 0.1) is 11.1 Å². The summed E-state index contributed by atoms with van der Waals surface area (Å²) in [7, 11) is -3.85. The average molecular weight is 294 g/mol. The Bertz CT molecular complexity index is 549. The first-order chi connectivity index (χ1) is 8.41. The summed E-state index contributed by atoms with van der Waals surface area (Å²) in [6, 6.07) is 3.22. The van der Waals surface area contributed by atoms with Crippen molar-refractivity contribution in [2.45, 2.75) is 23.8 Å². The van der Waals surface area contributed by atoms with Gasteiger partial charge in [0.1, 0.15) is 10.7 Å². The molecule has 0 aliphatic carbocycles. The number of piperidine rings is 1. The van der Waals surface area contributed by atoms with Crippen LogP contribution in [0.25, 0.3) is 0 Å². The summed E-state index contributed by atoms with van der Waals surface area (Å²) < 4.78 is 38.8. The monoisotopic (exact) mass is 293 g/mol. The van der Waals surface area contributed by atoms with E-state index in [-0.39, 0.29) is 16.5 Å². The van der Waals surface area contributed by atoms with Gasteiger partial charge in [-0.15, -0.1) is 0 Å².